The van der Waals surface area contributed by atoms with Crippen molar-refractivity contribution in [2.24, 2.45) is 0 Å². The second-order valence-electron chi connectivity index (χ2n) is 4.95. The number of halogens is 1. The lowest BCUT2D eigenvalue weighted by Gasteiger charge is -2.11. The van der Waals surface area contributed by atoms with Gasteiger partial charge in [0.15, 0.2) is 11.7 Å². The maximum atomic E-state index is 11.7. The molecule has 0 saturated heterocycles. The molecule has 0 bridgehead atoms. The number of carbonyl (C=O) groups is 2. The molecule has 2 aromatic carbocycles. The maximum Gasteiger partial charge on any atom is 0.276 e. The van der Waals surface area contributed by atoms with Gasteiger partial charge in [-0.3, -0.25) is 25.8 Å². The van der Waals surface area contributed by atoms with E-state index in [0.717, 1.165) is 5.56 Å². The minimum Gasteiger partial charge on any atom is -0.482 e. The third-order valence-electron chi connectivity index (χ3n) is 2.97. The predicted molar refractivity (Wildman–Crippen MR) is 104 cm³/mol. The van der Waals surface area contributed by atoms with Crippen LogP contribution in [0.1, 0.15) is 5.56 Å². The lowest BCUT2D eigenvalue weighted by Crippen LogP contribution is -2.49. The van der Waals surface area contributed by atoms with Crippen molar-refractivity contribution < 1.29 is 14.3 Å². The molecule has 0 atom stereocenters. The van der Waals surface area contributed by atoms with Gasteiger partial charge in [0.2, 0.25) is 5.91 Å². The molecule has 0 saturated carbocycles. The van der Waals surface area contributed by atoms with Gasteiger partial charge in [-0.25, -0.2) is 0 Å². The summed E-state index contributed by atoms with van der Waals surface area (Å²) in [7, 11) is 0. The molecule has 0 aliphatic carbocycles. The number of carbonyl (C=O) groups excluding carboxylic acids is 2. The van der Waals surface area contributed by atoms with E-state index < -0.39 is 11.8 Å². The second-order valence-corrected chi connectivity index (χ2v) is 5.77. The quantitative estimate of drug-likeness (QED) is 0.416. The zero-order chi connectivity index (χ0) is 18.8. The average Bonchev–Trinajstić information content (AvgIpc) is 2.65. The third-order valence-corrected chi connectivity index (χ3v) is 3.49. The molecule has 0 aromatic heterocycles. The van der Waals surface area contributed by atoms with E-state index in [1.165, 1.54) is 6.08 Å². The fraction of sp³-hybridized carbons (Fsp3) is 0.0556. The van der Waals surface area contributed by atoms with Crippen molar-refractivity contribution in [2.75, 3.05) is 6.61 Å². The van der Waals surface area contributed by atoms with E-state index in [1.807, 2.05) is 30.3 Å². The summed E-state index contributed by atoms with van der Waals surface area (Å²) in [6, 6.07) is 16.1. The smallest absolute Gasteiger partial charge is 0.276 e. The summed E-state index contributed by atoms with van der Waals surface area (Å²) in [5.74, 6) is -0.513. The summed E-state index contributed by atoms with van der Waals surface area (Å²) < 4.78 is 5.27. The van der Waals surface area contributed by atoms with E-state index in [2.05, 4.69) is 16.2 Å². The maximum absolute atomic E-state index is 11.7. The van der Waals surface area contributed by atoms with Crippen LogP contribution in [0.3, 0.4) is 0 Å². The van der Waals surface area contributed by atoms with Crippen LogP contribution in [-0.2, 0) is 9.59 Å². The first-order valence-corrected chi connectivity index (χ1v) is 8.33. The van der Waals surface area contributed by atoms with E-state index in [0.29, 0.717) is 10.8 Å². The van der Waals surface area contributed by atoms with Gasteiger partial charge in [0.1, 0.15) is 5.75 Å². The van der Waals surface area contributed by atoms with Gasteiger partial charge in [-0.2, -0.15) is 0 Å². The molecule has 0 unspecified atom stereocenters. The van der Waals surface area contributed by atoms with Crippen LogP contribution in [0.15, 0.2) is 60.7 Å². The molecule has 0 fully saturated rings. The minimum absolute atomic E-state index is 0.0428. The number of hydrazine groups is 1. The molecule has 134 valence electrons. The molecule has 6 nitrogen and oxygen atoms in total. The molecular formula is C18H16ClN3O3S. The molecule has 2 amide bonds. The van der Waals surface area contributed by atoms with Gasteiger partial charge in [0.25, 0.3) is 5.91 Å². The Hall–Kier alpha value is -2.90. The van der Waals surface area contributed by atoms with Gasteiger partial charge in [-0.15, -0.1) is 0 Å². The van der Waals surface area contributed by atoms with Crippen molar-refractivity contribution in [1.82, 2.24) is 16.2 Å². The number of rotatable bonds is 5. The fourth-order valence-corrected chi connectivity index (χ4v) is 2.13. The van der Waals surface area contributed by atoms with Crippen LogP contribution in [0.25, 0.3) is 6.08 Å². The van der Waals surface area contributed by atoms with Crippen molar-refractivity contribution in [1.29, 1.82) is 0 Å². The van der Waals surface area contributed by atoms with Gasteiger partial charge in [-0.1, -0.05) is 54.1 Å². The Morgan fingerprint density at radius 1 is 1.04 bits per heavy atom. The Labute approximate surface area is 161 Å². The Morgan fingerprint density at radius 2 is 1.73 bits per heavy atom. The minimum atomic E-state index is -0.485. The molecule has 8 heteroatoms. The molecular weight excluding hydrogens is 374 g/mol. The van der Waals surface area contributed by atoms with Crippen molar-refractivity contribution in [2.45, 2.75) is 0 Å². The molecule has 2 rings (SSSR count). The predicted octanol–water partition coefficient (Wildman–Crippen LogP) is 2.45. The first-order valence-electron chi connectivity index (χ1n) is 7.55. The molecule has 2 aromatic rings. The topological polar surface area (TPSA) is 79.5 Å². The molecule has 0 aliphatic rings. The highest BCUT2D eigenvalue weighted by Gasteiger charge is 2.06. The van der Waals surface area contributed by atoms with Crippen LogP contribution in [0.2, 0.25) is 5.02 Å². The highest BCUT2D eigenvalue weighted by molar-refractivity contribution is 7.80. The Bertz CT molecular complexity index is 812. The van der Waals surface area contributed by atoms with Gasteiger partial charge in [0.05, 0.1) is 5.02 Å². The first kappa shape index (κ1) is 19.4. The van der Waals surface area contributed by atoms with Gasteiger partial charge >= 0.3 is 0 Å². The van der Waals surface area contributed by atoms with Crippen molar-refractivity contribution in [3.05, 3.63) is 71.3 Å². The average molecular weight is 390 g/mol. The zero-order valence-corrected chi connectivity index (χ0v) is 15.1. The third kappa shape index (κ3) is 6.92. The first-order chi connectivity index (χ1) is 12.5. The largest absolute Gasteiger partial charge is 0.482 e. The second kappa shape index (κ2) is 10.2. The summed E-state index contributed by atoms with van der Waals surface area (Å²) in [6.07, 6.45) is 2.99. The molecule has 26 heavy (non-hydrogen) atoms. The number of benzene rings is 2. The van der Waals surface area contributed by atoms with E-state index in [1.54, 1.807) is 30.3 Å². The molecule has 0 aliphatic heterocycles. The Balaban J connectivity index is 1.69. The zero-order valence-electron chi connectivity index (χ0n) is 13.6. The van der Waals surface area contributed by atoms with Gasteiger partial charge in [-0.05, 0) is 36.0 Å². The number of hydrogen-bond donors (Lipinski definition) is 3. The summed E-state index contributed by atoms with van der Waals surface area (Å²) in [5, 5.41) is 2.77. The monoisotopic (exact) mass is 389 g/mol. The number of para-hydroxylation sites is 1. The number of amides is 2. The van der Waals surface area contributed by atoms with E-state index in [4.69, 9.17) is 28.6 Å². The number of hydrogen-bond acceptors (Lipinski definition) is 4. The van der Waals surface area contributed by atoms with Crippen LogP contribution in [-0.4, -0.2) is 23.5 Å². The van der Waals surface area contributed by atoms with Gasteiger partial charge < -0.3 is 4.74 Å². The van der Waals surface area contributed by atoms with E-state index in [-0.39, 0.29) is 11.7 Å². The number of ether oxygens (including phenoxy) is 1. The van der Waals surface area contributed by atoms with Gasteiger partial charge in [0, 0.05) is 6.08 Å². The SMILES string of the molecule is O=C(/C=C/c1ccccc1)NC(=S)NNC(=O)COc1ccccc1Cl. The number of thiocarbonyl (C=S) groups is 1. The summed E-state index contributed by atoms with van der Waals surface area (Å²) in [5.41, 5.74) is 5.61. The lowest BCUT2D eigenvalue weighted by molar-refractivity contribution is -0.123. The molecule has 0 spiro atoms. The standard InChI is InChI=1S/C18H16ClN3O3S/c19-14-8-4-5-9-15(14)25-12-17(24)21-22-18(26)20-16(23)11-10-13-6-2-1-3-7-13/h1-11H,12H2,(H,21,24)(H2,20,22,23,26)/b11-10+. The van der Waals surface area contributed by atoms with Crippen LogP contribution < -0.4 is 20.9 Å². The molecule has 0 heterocycles. The molecule has 0 radical (unpaired) electrons. The van der Waals surface area contributed by atoms with Crippen LogP contribution in [0, 0.1) is 0 Å². The normalized spacial score (nSPS) is 10.2. The molecule has 3 N–H and O–H groups in total. The summed E-state index contributed by atoms with van der Waals surface area (Å²) in [4.78, 5) is 23.4. The highest BCUT2D eigenvalue weighted by Crippen LogP contribution is 2.22. The Kier molecular flexibility index (Phi) is 7.60. The van der Waals surface area contributed by atoms with Crippen molar-refractivity contribution in [3.63, 3.8) is 0 Å². The van der Waals surface area contributed by atoms with Crippen LogP contribution >= 0.6 is 23.8 Å². The number of nitrogens with one attached hydrogen (secondary N) is 3. The van der Waals surface area contributed by atoms with Crippen LogP contribution in [0.4, 0.5) is 0 Å². The van der Waals surface area contributed by atoms with Crippen molar-refractivity contribution >= 4 is 46.8 Å². The highest BCUT2D eigenvalue weighted by atomic mass is 35.5. The summed E-state index contributed by atoms with van der Waals surface area (Å²) >= 11 is 10.8. The lowest BCUT2D eigenvalue weighted by atomic mass is 10.2. The van der Waals surface area contributed by atoms with Crippen LogP contribution in [0.5, 0.6) is 5.75 Å². The Morgan fingerprint density at radius 3 is 2.46 bits per heavy atom. The summed E-state index contributed by atoms with van der Waals surface area (Å²) in [6.45, 7) is -0.263. The van der Waals surface area contributed by atoms with Crippen molar-refractivity contribution in [3.8, 4) is 5.75 Å². The van der Waals surface area contributed by atoms with E-state index in [9.17, 15) is 9.59 Å². The van der Waals surface area contributed by atoms with E-state index >= 15 is 0 Å². The fourth-order valence-electron chi connectivity index (χ4n) is 1.79.